The van der Waals surface area contributed by atoms with Gasteiger partial charge in [0.05, 0.1) is 34.9 Å². The van der Waals surface area contributed by atoms with Crippen molar-refractivity contribution in [3.8, 4) is 5.75 Å². The maximum atomic E-state index is 6.12. The van der Waals surface area contributed by atoms with Crippen LogP contribution in [0.15, 0.2) is 35.6 Å². The Morgan fingerprint density at radius 2 is 2.15 bits per heavy atom. The number of nitrogens with zero attached hydrogens (tertiary/aromatic N) is 4. The third kappa shape index (κ3) is 2.98. The lowest BCUT2D eigenvalue weighted by Gasteiger charge is -2.39. The highest BCUT2D eigenvalue weighted by Crippen LogP contribution is 2.38. The van der Waals surface area contributed by atoms with Crippen LogP contribution in [0.5, 0.6) is 5.75 Å². The number of hydrogen-bond donors (Lipinski definition) is 0. The van der Waals surface area contributed by atoms with Crippen LogP contribution < -0.4 is 9.64 Å². The molecule has 2 unspecified atom stereocenters. The van der Waals surface area contributed by atoms with E-state index in [2.05, 4.69) is 32.9 Å². The molecule has 5 rings (SSSR count). The molecule has 0 N–H and O–H groups in total. The molecule has 3 aliphatic rings. The number of aliphatic imine (C=N–C) groups is 1. The zero-order chi connectivity index (χ0) is 18.6. The first kappa shape index (κ1) is 16.7. The van der Waals surface area contributed by atoms with Crippen molar-refractivity contribution in [3.63, 3.8) is 0 Å². The van der Waals surface area contributed by atoms with Crippen molar-refractivity contribution in [2.75, 3.05) is 18.0 Å². The van der Waals surface area contributed by atoms with Crippen LogP contribution in [0.2, 0.25) is 0 Å². The Hall–Kier alpha value is -2.47. The molecular formula is C21H24N4O2. The Bertz CT molecular complexity index is 926. The minimum Gasteiger partial charge on any atom is -0.491 e. The lowest BCUT2D eigenvalue weighted by atomic mass is 9.98. The number of hydrogen-bond acceptors (Lipinski definition) is 6. The summed E-state index contributed by atoms with van der Waals surface area (Å²) in [7, 11) is 0. The molecule has 0 saturated carbocycles. The van der Waals surface area contributed by atoms with Crippen molar-refractivity contribution in [1.29, 1.82) is 0 Å². The fraction of sp³-hybridized carbons (Fsp3) is 0.476. The molecule has 2 bridgehead atoms. The van der Waals surface area contributed by atoms with Crippen LogP contribution in [-0.4, -0.2) is 46.6 Å². The van der Waals surface area contributed by atoms with E-state index >= 15 is 0 Å². The Balaban J connectivity index is 1.41. The van der Waals surface area contributed by atoms with Crippen LogP contribution >= 0.6 is 0 Å². The van der Waals surface area contributed by atoms with E-state index in [0.29, 0.717) is 6.10 Å². The van der Waals surface area contributed by atoms with Crippen LogP contribution in [0.25, 0.3) is 0 Å². The number of aromatic nitrogens is 2. The van der Waals surface area contributed by atoms with E-state index in [1.807, 2.05) is 32.0 Å². The smallest absolute Gasteiger partial charge is 0.132 e. The number of fused-ring (bicyclic) bond motifs is 3. The normalized spacial score (nSPS) is 25.9. The quantitative estimate of drug-likeness (QED) is 0.709. The second kappa shape index (κ2) is 6.02. The van der Waals surface area contributed by atoms with Gasteiger partial charge in [0.1, 0.15) is 17.9 Å². The zero-order valence-corrected chi connectivity index (χ0v) is 16.0. The summed E-state index contributed by atoms with van der Waals surface area (Å²) < 4.78 is 11.9. The average Bonchev–Trinajstić information content (AvgIpc) is 2.89. The van der Waals surface area contributed by atoms with E-state index in [9.17, 15) is 0 Å². The van der Waals surface area contributed by atoms with E-state index in [0.717, 1.165) is 60.2 Å². The van der Waals surface area contributed by atoms with E-state index in [1.165, 1.54) is 0 Å². The molecule has 2 fully saturated rings. The first-order chi connectivity index (χ1) is 13.0. The van der Waals surface area contributed by atoms with Crippen LogP contribution in [0.1, 0.15) is 44.9 Å². The van der Waals surface area contributed by atoms with E-state index in [1.54, 1.807) is 6.33 Å². The van der Waals surface area contributed by atoms with E-state index < -0.39 is 0 Å². The second-order valence-electron chi connectivity index (χ2n) is 8.18. The average molecular weight is 364 g/mol. The maximum Gasteiger partial charge on any atom is 0.132 e. The van der Waals surface area contributed by atoms with Gasteiger partial charge in [-0.1, -0.05) is 0 Å². The monoisotopic (exact) mass is 364 g/mol. The number of rotatable bonds is 4. The van der Waals surface area contributed by atoms with Gasteiger partial charge in [0.2, 0.25) is 0 Å². The molecule has 4 heterocycles. The third-order valence-corrected chi connectivity index (χ3v) is 5.44. The Kier molecular flexibility index (Phi) is 3.72. The molecular weight excluding hydrogens is 340 g/mol. The molecule has 0 radical (unpaired) electrons. The van der Waals surface area contributed by atoms with Gasteiger partial charge in [-0.15, -0.1) is 0 Å². The standard InChI is InChI=1S/C21H24N4O2/c1-13(2)26-14-4-5-17-16(8-14)20(24-17)18-9-19(23-12-22-18)25-10-15-6-7-21(3,11-25)27-15/h4-5,8-9,12-13,15H,6-7,10-11H2,1-3H3. The Morgan fingerprint density at radius 3 is 2.96 bits per heavy atom. The molecule has 1 aromatic heterocycles. The SMILES string of the molecule is CC(C)Oc1ccc2c(c1)C(c1cc(N3CC4CCC(C)(C3)O4)ncn1)=N2. The molecule has 0 amide bonds. The van der Waals surface area contributed by atoms with Crippen molar-refractivity contribution < 1.29 is 9.47 Å². The van der Waals surface area contributed by atoms with E-state index in [-0.39, 0.29) is 11.7 Å². The summed E-state index contributed by atoms with van der Waals surface area (Å²) in [6.07, 6.45) is 4.33. The zero-order valence-electron chi connectivity index (χ0n) is 16.0. The van der Waals surface area contributed by atoms with Crippen molar-refractivity contribution in [2.24, 2.45) is 4.99 Å². The van der Waals surface area contributed by atoms with Crippen LogP contribution in [0, 0.1) is 0 Å². The summed E-state index contributed by atoms with van der Waals surface area (Å²) in [4.78, 5) is 16.0. The highest BCUT2D eigenvalue weighted by molar-refractivity contribution is 6.21. The fourth-order valence-electron chi connectivity index (χ4n) is 4.24. The highest BCUT2D eigenvalue weighted by atomic mass is 16.5. The summed E-state index contributed by atoms with van der Waals surface area (Å²) in [6, 6.07) is 8.06. The molecule has 0 aliphatic carbocycles. The molecule has 2 atom stereocenters. The van der Waals surface area contributed by atoms with Crippen LogP contribution in [-0.2, 0) is 4.74 Å². The molecule has 27 heavy (non-hydrogen) atoms. The molecule has 2 aromatic rings. The Morgan fingerprint density at radius 1 is 1.26 bits per heavy atom. The van der Waals surface area contributed by atoms with Crippen molar-refractivity contribution in [1.82, 2.24) is 9.97 Å². The molecule has 3 aliphatic heterocycles. The summed E-state index contributed by atoms with van der Waals surface area (Å²) in [5.74, 6) is 1.82. The first-order valence-corrected chi connectivity index (χ1v) is 9.64. The summed E-state index contributed by atoms with van der Waals surface area (Å²) in [5.41, 5.74) is 3.78. The number of ether oxygens (including phenoxy) is 2. The largest absolute Gasteiger partial charge is 0.491 e. The van der Waals surface area contributed by atoms with Gasteiger partial charge in [0, 0.05) is 24.7 Å². The summed E-state index contributed by atoms with van der Waals surface area (Å²) in [6.45, 7) is 8.02. The molecule has 6 nitrogen and oxygen atoms in total. The van der Waals surface area contributed by atoms with Crippen molar-refractivity contribution in [2.45, 2.75) is 51.4 Å². The Labute approximate surface area is 159 Å². The predicted octanol–water partition coefficient (Wildman–Crippen LogP) is 3.50. The third-order valence-electron chi connectivity index (χ3n) is 5.44. The van der Waals surface area contributed by atoms with Gasteiger partial charge in [-0.2, -0.15) is 0 Å². The highest BCUT2D eigenvalue weighted by Gasteiger charge is 2.43. The number of anilines is 1. The van der Waals surface area contributed by atoms with Crippen molar-refractivity contribution in [3.05, 3.63) is 41.9 Å². The summed E-state index contributed by atoms with van der Waals surface area (Å²) >= 11 is 0. The van der Waals surface area contributed by atoms with Crippen molar-refractivity contribution >= 4 is 17.2 Å². The maximum absolute atomic E-state index is 6.12. The predicted molar refractivity (Wildman–Crippen MR) is 104 cm³/mol. The fourth-order valence-corrected chi connectivity index (χ4v) is 4.24. The van der Waals surface area contributed by atoms with Gasteiger partial charge in [0.25, 0.3) is 0 Å². The van der Waals surface area contributed by atoms with Gasteiger partial charge in [-0.25, -0.2) is 15.0 Å². The van der Waals surface area contributed by atoms with Crippen LogP contribution in [0.3, 0.4) is 0 Å². The summed E-state index contributed by atoms with van der Waals surface area (Å²) in [5, 5.41) is 0. The van der Waals surface area contributed by atoms with Gasteiger partial charge < -0.3 is 14.4 Å². The molecule has 0 spiro atoms. The minimum atomic E-state index is -0.0578. The number of benzene rings is 1. The minimum absolute atomic E-state index is 0.0578. The van der Waals surface area contributed by atoms with Gasteiger partial charge >= 0.3 is 0 Å². The lowest BCUT2D eigenvalue weighted by Crippen LogP contribution is -2.49. The van der Waals surface area contributed by atoms with Gasteiger partial charge in [-0.3, -0.25) is 0 Å². The molecule has 140 valence electrons. The van der Waals surface area contributed by atoms with E-state index in [4.69, 9.17) is 9.47 Å². The first-order valence-electron chi connectivity index (χ1n) is 9.64. The topological polar surface area (TPSA) is 59.8 Å². The van der Waals surface area contributed by atoms with Crippen LogP contribution in [0.4, 0.5) is 11.5 Å². The molecule has 2 saturated heterocycles. The second-order valence-corrected chi connectivity index (χ2v) is 8.18. The molecule has 1 aromatic carbocycles. The van der Waals surface area contributed by atoms with Gasteiger partial charge in [-0.05, 0) is 51.8 Å². The number of morpholine rings is 1. The molecule has 6 heteroatoms. The lowest BCUT2D eigenvalue weighted by molar-refractivity contribution is -0.0407. The van der Waals surface area contributed by atoms with Gasteiger partial charge in [0.15, 0.2) is 0 Å².